The monoisotopic (exact) mass is 586 g/mol. The standard InChI is InChI=1S/C42H26N4/c1-4-29(36-24-45-26-46-25-36)18-30(5-1)37-12-8-27-11-15-40-38(13-9-28-10-14-39(37)41(27)42(28)40)35-20-33(31-6-2-16-43-22-31)19-34(21-35)32-7-3-17-44-23-32/h1-26H. The first-order valence-electron chi connectivity index (χ1n) is 15.3. The van der Waals surface area contributed by atoms with E-state index < -0.39 is 0 Å². The van der Waals surface area contributed by atoms with Gasteiger partial charge < -0.3 is 0 Å². The van der Waals surface area contributed by atoms with Crippen molar-refractivity contribution < 1.29 is 0 Å². The normalized spacial score (nSPS) is 11.5. The number of aromatic nitrogens is 4. The molecule has 0 fully saturated rings. The summed E-state index contributed by atoms with van der Waals surface area (Å²) in [6, 6.07) is 41.8. The minimum Gasteiger partial charge on any atom is -0.264 e. The summed E-state index contributed by atoms with van der Waals surface area (Å²) in [6.45, 7) is 0. The molecule has 0 N–H and O–H groups in total. The molecule has 6 aromatic carbocycles. The second-order valence-corrected chi connectivity index (χ2v) is 11.6. The van der Waals surface area contributed by atoms with Gasteiger partial charge in [-0.3, -0.25) is 9.97 Å². The van der Waals surface area contributed by atoms with Crippen molar-refractivity contribution in [2.75, 3.05) is 0 Å². The van der Waals surface area contributed by atoms with E-state index in [9.17, 15) is 0 Å². The predicted octanol–water partition coefficient (Wildman–Crippen LogP) is 10.5. The van der Waals surface area contributed by atoms with E-state index >= 15 is 0 Å². The van der Waals surface area contributed by atoms with Crippen LogP contribution in [0.3, 0.4) is 0 Å². The number of pyridine rings is 2. The second-order valence-electron chi connectivity index (χ2n) is 11.6. The van der Waals surface area contributed by atoms with Crippen molar-refractivity contribution in [2.24, 2.45) is 0 Å². The predicted molar refractivity (Wildman–Crippen MR) is 189 cm³/mol. The van der Waals surface area contributed by atoms with Crippen molar-refractivity contribution in [3.63, 3.8) is 0 Å². The van der Waals surface area contributed by atoms with Crippen LogP contribution in [0.15, 0.2) is 159 Å². The minimum absolute atomic E-state index is 1.01. The van der Waals surface area contributed by atoms with Crippen molar-refractivity contribution in [2.45, 2.75) is 0 Å². The Balaban J connectivity index is 1.27. The molecule has 9 aromatic rings. The zero-order chi connectivity index (χ0) is 30.5. The molecule has 0 bridgehead atoms. The van der Waals surface area contributed by atoms with Crippen LogP contribution in [0.4, 0.5) is 0 Å². The van der Waals surface area contributed by atoms with Gasteiger partial charge in [0.2, 0.25) is 0 Å². The second kappa shape index (κ2) is 10.7. The average Bonchev–Trinajstić information content (AvgIpc) is 3.14. The summed E-state index contributed by atoms with van der Waals surface area (Å²) >= 11 is 0. The number of rotatable bonds is 5. The Bertz CT molecular complexity index is 2450. The molecule has 3 aromatic heterocycles. The Morgan fingerprint density at radius 3 is 1.39 bits per heavy atom. The Labute approximate surface area is 266 Å². The average molecular weight is 587 g/mol. The van der Waals surface area contributed by atoms with Crippen LogP contribution < -0.4 is 0 Å². The highest BCUT2D eigenvalue weighted by molar-refractivity contribution is 6.27. The van der Waals surface area contributed by atoms with Crippen LogP contribution >= 0.6 is 0 Å². The van der Waals surface area contributed by atoms with E-state index in [2.05, 4.69) is 123 Å². The van der Waals surface area contributed by atoms with Crippen molar-refractivity contribution >= 4 is 32.3 Å². The van der Waals surface area contributed by atoms with E-state index in [1.165, 1.54) is 49.0 Å². The number of benzene rings is 6. The fraction of sp³-hybridized carbons (Fsp3) is 0. The van der Waals surface area contributed by atoms with Gasteiger partial charge in [-0.1, -0.05) is 78.9 Å². The van der Waals surface area contributed by atoms with Crippen LogP contribution in [0.5, 0.6) is 0 Å². The van der Waals surface area contributed by atoms with Gasteiger partial charge in [0.1, 0.15) is 6.33 Å². The third-order valence-corrected chi connectivity index (χ3v) is 8.97. The first-order chi connectivity index (χ1) is 22.8. The molecule has 0 atom stereocenters. The lowest BCUT2D eigenvalue weighted by Gasteiger charge is -2.18. The molecule has 9 rings (SSSR count). The molecule has 46 heavy (non-hydrogen) atoms. The highest BCUT2D eigenvalue weighted by Gasteiger charge is 2.16. The van der Waals surface area contributed by atoms with Gasteiger partial charge in [0.15, 0.2) is 0 Å². The number of hydrogen-bond donors (Lipinski definition) is 0. The number of hydrogen-bond acceptors (Lipinski definition) is 4. The van der Waals surface area contributed by atoms with Gasteiger partial charge in [0.05, 0.1) is 0 Å². The fourth-order valence-corrected chi connectivity index (χ4v) is 6.80. The van der Waals surface area contributed by atoms with Crippen LogP contribution in [0, 0.1) is 0 Å². The molecule has 0 unspecified atom stereocenters. The van der Waals surface area contributed by atoms with E-state index in [0.717, 1.165) is 38.9 Å². The first kappa shape index (κ1) is 26.2. The summed E-state index contributed by atoms with van der Waals surface area (Å²) < 4.78 is 0. The van der Waals surface area contributed by atoms with Crippen LogP contribution in [0.25, 0.3) is 88.0 Å². The molecule has 0 aliphatic carbocycles. The fourth-order valence-electron chi connectivity index (χ4n) is 6.80. The van der Waals surface area contributed by atoms with Gasteiger partial charge in [-0.25, -0.2) is 9.97 Å². The lowest BCUT2D eigenvalue weighted by Crippen LogP contribution is -1.91. The summed E-state index contributed by atoms with van der Waals surface area (Å²) in [6.07, 6.45) is 12.8. The summed E-state index contributed by atoms with van der Waals surface area (Å²) in [5.41, 5.74) is 11.3. The molecule has 3 heterocycles. The van der Waals surface area contributed by atoms with Crippen molar-refractivity contribution in [3.05, 3.63) is 159 Å². The highest BCUT2D eigenvalue weighted by atomic mass is 14.8. The minimum atomic E-state index is 1.01. The van der Waals surface area contributed by atoms with E-state index in [0.29, 0.717) is 0 Å². The van der Waals surface area contributed by atoms with Crippen molar-refractivity contribution in [1.82, 2.24) is 19.9 Å². The summed E-state index contributed by atoms with van der Waals surface area (Å²) in [4.78, 5) is 17.3. The van der Waals surface area contributed by atoms with E-state index in [1.807, 2.05) is 49.3 Å². The highest BCUT2D eigenvalue weighted by Crippen LogP contribution is 2.43. The first-order valence-corrected chi connectivity index (χ1v) is 15.3. The Kier molecular flexibility index (Phi) is 6.10. The maximum absolute atomic E-state index is 4.41. The van der Waals surface area contributed by atoms with Crippen molar-refractivity contribution in [3.8, 4) is 55.6 Å². The number of nitrogens with zero attached hydrogens (tertiary/aromatic N) is 4. The van der Waals surface area contributed by atoms with Crippen LogP contribution in [0.2, 0.25) is 0 Å². The molecular formula is C42H26N4. The maximum Gasteiger partial charge on any atom is 0.115 e. The Morgan fingerprint density at radius 1 is 0.326 bits per heavy atom. The van der Waals surface area contributed by atoms with Crippen LogP contribution in [-0.4, -0.2) is 19.9 Å². The Morgan fingerprint density at radius 2 is 0.804 bits per heavy atom. The topological polar surface area (TPSA) is 51.6 Å². The van der Waals surface area contributed by atoms with Gasteiger partial charge in [-0.2, -0.15) is 0 Å². The molecule has 0 aliphatic heterocycles. The third kappa shape index (κ3) is 4.39. The summed E-state index contributed by atoms with van der Waals surface area (Å²) in [5.74, 6) is 0. The quantitative estimate of drug-likeness (QED) is 0.188. The molecule has 0 radical (unpaired) electrons. The van der Waals surface area contributed by atoms with E-state index in [4.69, 9.17) is 0 Å². The molecule has 0 amide bonds. The molecule has 0 saturated heterocycles. The van der Waals surface area contributed by atoms with Gasteiger partial charge in [-0.05, 0) is 108 Å². The van der Waals surface area contributed by atoms with Gasteiger partial charge >= 0.3 is 0 Å². The molecule has 4 heteroatoms. The van der Waals surface area contributed by atoms with E-state index in [-0.39, 0.29) is 0 Å². The Hall–Kier alpha value is -6.26. The molecular weight excluding hydrogens is 560 g/mol. The third-order valence-electron chi connectivity index (χ3n) is 8.97. The van der Waals surface area contributed by atoms with E-state index in [1.54, 1.807) is 6.33 Å². The molecule has 0 spiro atoms. The van der Waals surface area contributed by atoms with Crippen molar-refractivity contribution in [1.29, 1.82) is 0 Å². The molecule has 214 valence electrons. The van der Waals surface area contributed by atoms with Gasteiger partial charge in [-0.15, -0.1) is 0 Å². The lowest BCUT2D eigenvalue weighted by atomic mass is 9.86. The zero-order valence-corrected chi connectivity index (χ0v) is 24.8. The zero-order valence-electron chi connectivity index (χ0n) is 24.8. The molecule has 0 aliphatic rings. The van der Waals surface area contributed by atoms with Gasteiger partial charge in [0, 0.05) is 53.9 Å². The van der Waals surface area contributed by atoms with Crippen LogP contribution in [0.1, 0.15) is 0 Å². The molecule has 4 nitrogen and oxygen atoms in total. The molecule has 0 saturated carbocycles. The smallest absolute Gasteiger partial charge is 0.115 e. The maximum atomic E-state index is 4.41. The van der Waals surface area contributed by atoms with Gasteiger partial charge in [0.25, 0.3) is 0 Å². The lowest BCUT2D eigenvalue weighted by molar-refractivity contribution is 1.17. The van der Waals surface area contributed by atoms with Crippen LogP contribution in [-0.2, 0) is 0 Å². The summed E-state index contributed by atoms with van der Waals surface area (Å²) in [5, 5.41) is 7.54. The largest absolute Gasteiger partial charge is 0.264 e. The SMILES string of the molecule is c1cncc(-c2cc(-c3cccnc3)cc(-c3ccc4ccc5c(-c6cccc(-c7cncnc7)c6)ccc6ccc3c4c65)c2)c1. The summed E-state index contributed by atoms with van der Waals surface area (Å²) in [7, 11) is 0.